The summed E-state index contributed by atoms with van der Waals surface area (Å²) in [6.45, 7) is 4.42. The zero-order chi connectivity index (χ0) is 14.6. The van der Waals surface area contributed by atoms with E-state index in [1.807, 2.05) is 0 Å². The van der Waals surface area contributed by atoms with Gasteiger partial charge in [-0.15, -0.1) is 0 Å². The molecule has 1 saturated heterocycles. The van der Waals surface area contributed by atoms with Gasteiger partial charge in [-0.05, 0) is 19.3 Å². The van der Waals surface area contributed by atoms with E-state index in [0.29, 0.717) is 32.4 Å². The van der Waals surface area contributed by atoms with Crippen LogP contribution in [0.4, 0.5) is 0 Å². The number of carboxylic acid groups (broad SMARTS) is 1. The fraction of sp³-hybridized carbons (Fsp3) is 0.769. The number of hydrogen-bond donors (Lipinski definition) is 1. The highest BCUT2D eigenvalue weighted by atomic mass is 16.4. The lowest BCUT2D eigenvalue weighted by Crippen LogP contribution is -2.47. The number of hydrogen-bond acceptors (Lipinski definition) is 3. The molecule has 0 saturated carbocycles. The van der Waals surface area contributed by atoms with E-state index in [-0.39, 0.29) is 17.7 Å². The number of carboxylic acids is 1. The number of nitrogens with zero attached hydrogens (tertiary/aromatic N) is 2. The van der Waals surface area contributed by atoms with Crippen molar-refractivity contribution in [2.45, 2.75) is 39.2 Å². The molecule has 1 rings (SSSR count). The van der Waals surface area contributed by atoms with E-state index >= 15 is 0 Å². The number of likely N-dealkylation sites (tertiary alicyclic amines) is 1. The monoisotopic (exact) mass is 270 g/mol. The van der Waals surface area contributed by atoms with Crippen LogP contribution in [0.3, 0.4) is 0 Å². The smallest absolute Gasteiger partial charge is 0.326 e. The van der Waals surface area contributed by atoms with Crippen molar-refractivity contribution in [3.63, 3.8) is 0 Å². The quantitative estimate of drug-likeness (QED) is 0.810. The van der Waals surface area contributed by atoms with E-state index in [1.165, 1.54) is 11.8 Å². The van der Waals surface area contributed by atoms with Crippen LogP contribution in [0.1, 0.15) is 33.1 Å². The molecule has 6 nitrogen and oxygen atoms in total. The molecule has 2 amide bonds. The minimum atomic E-state index is -0.973. The van der Waals surface area contributed by atoms with Gasteiger partial charge in [0.2, 0.25) is 11.8 Å². The second-order valence-electron chi connectivity index (χ2n) is 4.99. The molecule has 0 aromatic carbocycles. The van der Waals surface area contributed by atoms with Crippen molar-refractivity contribution in [2.75, 3.05) is 20.1 Å². The second-order valence-corrected chi connectivity index (χ2v) is 4.99. The van der Waals surface area contributed by atoms with Gasteiger partial charge in [0.1, 0.15) is 6.04 Å². The van der Waals surface area contributed by atoms with E-state index in [1.54, 1.807) is 18.9 Å². The van der Waals surface area contributed by atoms with Gasteiger partial charge in [0, 0.05) is 33.0 Å². The van der Waals surface area contributed by atoms with Crippen LogP contribution in [-0.2, 0) is 14.4 Å². The van der Waals surface area contributed by atoms with Crippen LogP contribution in [0.2, 0.25) is 0 Å². The average molecular weight is 270 g/mol. The lowest BCUT2D eigenvalue weighted by atomic mass is 9.94. The SMILES string of the molecule is CCC(C(=O)O)N(C)C(=O)C1CCN(C(C)=O)CC1. The summed E-state index contributed by atoms with van der Waals surface area (Å²) in [5, 5.41) is 9.06. The van der Waals surface area contributed by atoms with Crippen molar-refractivity contribution < 1.29 is 19.5 Å². The van der Waals surface area contributed by atoms with E-state index < -0.39 is 12.0 Å². The Labute approximate surface area is 113 Å². The molecule has 0 aromatic rings. The summed E-state index contributed by atoms with van der Waals surface area (Å²) < 4.78 is 0. The lowest BCUT2D eigenvalue weighted by Gasteiger charge is -2.34. The van der Waals surface area contributed by atoms with E-state index in [0.717, 1.165) is 0 Å². The summed E-state index contributed by atoms with van der Waals surface area (Å²) in [4.78, 5) is 37.5. The molecule has 0 radical (unpaired) electrons. The van der Waals surface area contributed by atoms with Crippen molar-refractivity contribution in [1.82, 2.24) is 9.80 Å². The van der Waals surface area contributed by atoms with Gasteiger partial charge in [-0.3, -0.25) is 9.59 Å². The number of piperidine rings is 1. The molecule has 19 heavy (non-hydrogen) atoms. The Morgan fingerprint density at radius 3 is 2.21 bits per heavy atom. The molecule has 0 spiro atoms. The fourth-order valence-electron chi connectivity index (χ4n) is 2.50. The molecule has 1 heterocycles. The summed E-state index contributed by atoms with van der Waals surface area (Å²) in [7, 11) is 1.54. The first kappa shape index (κ1) is 15.5. The zero-order valence-electron chi connectivity index (χ0n) is 11.8. The summed E-state index contributed by atoms with van der Waals surface area (Å²) in [6, 6.07) is -0.765. The van der Waals surface area contributed by atoms with E-state index in [4.69, 9.17) is 5.11 Å². The first-order valence-electron chi connectivity index (χ1n) is 6.63. The van der Waals surface area contributed by atoms with Gasteiger partial charge in [-0.1, -0.05) is 6.92 Å². The summed E-state index contributed by atoms with van der Waals surface area (Å²) in [5.41, 5.74) is 0. The summed E-state index contributed by atoms with van der Waals surface area (Å²) >= 11 is 0. The van der Waals surface area contributed by atoms with Gasteiger partial charge < -0.3 is 14.9 Å². The molecule has 1 aliphatic heterocycles. The van der Waals surface area contributed by atoms with Gasteiger partial charge in [-0.25, -0.2) is 4.79 Å². The van der Waals surface area contributed by atoms with Gasteiger partial charge in [0.25, 0.3) is 0 Å². The highest BCUT2D eigenvalue weighted by Crippen LogP contribution is 2.20. The average Bonchev–Trinajstić information content (AvgIpc) is 2.38. The van der Waals surface area contributed by atoms with Crippen LogP contribution < -0.4 is 0 Å². The third kappa shape index (κ3) is 3.68. The van der Waals surface area contributed by atoms with Crippen LogP contribution in [0.25, 0.3) is 0 Å². The number of carbonyl (C=O) groups is 3. The predicted molar refractivity (Wildman–Crippen MR) is 69.5 cm³/mol. The Morgan fingerprint density at radius 1 is 1.32 bits per heavy atom. The van der Waals surface area contributed by atoms with Crippen LogP contribution >= 0.6 is 0 Å². The van der Waals surface area contributed by atoms with Gasteiger partial charge in [0.15, 0.2) is 0 Å². The molecular formula is C13H22N2O4. The number of rotatable bonds is 4. The first-order chi connectivity index (χ1) is 8.88. The molecule has 6 heteroatoms. The van der Waals surface area contributed by atoms with Crippen LogP contribution in [0, 0.1) is 5.92 Å². The molecule has 1 atom stereocenters. The Kier molecular flexibility index (Phi) is 5.32. The Balaban J connectivity index is 2.59. The molecule has 1 aliphatic rings. The highest BCUT2D eigenvalue weighted by molar-refractivity contribution is 5.85. The third-order valence-electron chi connectivity index (χ3n) is 3.78. The number of likely N-dealkylation sites (N-methyl/N-ethyl adjacent to an activating group) is 1. The maximum atomic E-state index is 12.2. The largest absolute Gasteiger partial charge is 0.480 e. The Morgan fingerprint density at radius 2 is 1.84 bits per heavy atom. The van der Waals surface area contributed by atoms with E-state index in [9.17, 15) is 14.4 Å². The lowest BCUT2D eigenvalue weighted by molar-refractivity contribution is -0.151. The summed E-state index contributed by atoms with van der Waals surface area (Å²) in [5.74, 6) is -1.25. The van der Waals surface area contributed by atoms with Crippen LogP contribution in [-0.4, -0.2) is 58.9 Å². The van der Waals surface area contributed by atoms with Crippen molar-refractivity contribution in [3.05, 3.63) is 0 Å². The number of aliphatic carboxylic acids is 1. The molecule has 0 aromatic heterocycles. The molecule has 1 fully saturated rings. The predicted octanol–water partition coefficient (Wildman–Crippen LogP) is 0.566. The number of amides is 2. The Bertz CT molecular complexity index is 362. The van der Waals surface area contributed by atoms with Crippen LogP contribution in [0.5, 0.6) is 0 Å². The van der Waals surface area contributed by atoms with Crippen LogP contribution in [0.15, 0.2) is 0 Å². The van der Waals surface area contributed by atoms with Gasteiger partial charge in [0.05, 0.1) is 0 Å². The highest BCUT2D eigenvalue weighted by Gasteiger charge is 2.32. The number of carbonyl (C=O) groups excluding carboxylic acids is 2. The van der Waals surface area contributed by atoms with Gasteiger partial charge >= 0.3 is 5.97 Å². The van der Waals surface area contributed by atoms with Crippen molar-refractivity contribution in [1.29, 1.82) is 0 Å². The fourth-order valence-corrected chi connectivity index (χ4v) is 2.50. The van der Waals surface area contributed by atoms with Gasteiger partial charge in [-0.2, -0.15) is 0 Å². The third-order valence-corrected chi connectivity index (χ3v) is 3.78. The molecule has 0 aliphatic carbocycles. The minimum Gasteiger partial charge on any atom is -0.480 e. The molecule has 0 bridgehead atoms. The van der Waals surface area contributed by atoms with E-state index in [2.05, 4.69) is 0 Å². The molecule has 1 unspecified atom stereocenters. The molecule has 108 valence electrons. The first-order valence-corrected chi connectivity index (χ1v) is 6.63. The second kappa shape index (κ2) is 6.54. The van der Waals surface area contributed by atoms with Crippen molar-refractivity contribution >= 4 is 17.8 Å². The molecule has 1 N–H and O–H groups in total. The zero-order valence-corrected chi connectivity index (χ0v) is 11.8. The van der Waals surface area contributed by atoms with Crippen molar-refractivity contribution in [2.24, 2.45) is 5.92 Å². The molecular weight excluding hydrogens is 248 g/mol. The maximum Gasteiger partial charge on any atom is 0.326 e. The minimum absolute atomic E-state index is 0.0243. The standard InChI is InChI=1S/C13H22N2O4/c1-4-11(13(18)19)14(3)12(17)10-5-7-15(8-6-10)9(2)16/h10-11H,4-8H2,1-3H3,(H,18,19). The topological polar surface area (TPSA) is 77.9 Å². The maximum absolute atomic E-state index is 12.2. The van der Waals surface area contributed by atoms with Crippen molar-refractivity contribution in [3.8, 4) is 0 Å². The normalized spacial score (nSPS) is 17.9. The summed E-state index contributed by atoms with van der Waals surface area (Å²) in [6.07, 6.45) is 1.61. The Hall–Kier alpha value is -1.59.